The summed E-state index contributed by atoms with van der Waals surface area (Å²) >= 11 is 0. The predicted molar refractivity (Wildman–Crippen MR) is 70.1 cm³/mol. The number of aromatic nitrogens is 3. The summed E-state index contributed by atoms with van der Waals surface area (Å²) in [6.07, 6.45) is 1.52. The highest BCUT2D eigenvalue weighted by molar-refractivity contribution is 7.89. The lowest BCUT2D eigenvalue weighted by atomic mass is 10.3. The molecule has 8 nitrogen and oxygen atoms in total. The molecule has 0 bridgehead atoms. The average molecular weight is 297 g/mol. The zero-order valence-corrected chi connectivity index (χ0v) is 11.9. The Morgan fingerprint density at radius 1 is 1.30 bits per heavy atom. The molecule has 0 saturated carbocycles. The van der Waals surface area contributed by atoms with Crippen LogP contribution in [0.4, 0.5) is 0 Å². The Bertz CT molecular complexity index is 666. The van der Waals surface area contributed by atoms with Crippen LogP contribution in [0.5, 0.6) is 0 Å². The van der Waals surface area contributed by atoms with Gasteiger partial charge >= 0.3 is 0 Å². The zero-order valence-electron chi connectivity index (χ0n) is 11.1. The fourth-order valence-corrected chi connectivity index (χ4v) is 2.42. The van der Waals surface area contributed by atoms with Gasteiger partial charge in [0.25, 0.3) is 10.0 Å². The SMILES string of the molecule is CNCc1ccc(S(=O)(=O)NCc2nc(C)no2)nc1. The van der Waals surface area contributed by atoms with E-state index in [2.05, 4.69) is 25.2 Å². The fraction of sp³-hybridized carbons (Fsp3) is 0.364. The lowest BCUT2D eigenvalue weighted by Gasteiger charge is -2.05. The number of hydrogen-bond acceptors (Lipinski definition) is 7. The molecule has 0 aliphatic rings. The molecule has 2 heterocycles. The number of nitrogens with zero attached hydrogens (tertiary/aromatic N) is 3. The summed E-state index contributed by atoms with van der Waals surface area (Å²) in [5.41, 5.74) is 0.902. The minimum absolute atomic E-state index is 0.0476. The third-order valence-corrected chi connectivity index (χ3v) is 3.75. The molecule has 108 valence electrons. The van der Waals surface area contributed by atoms with E-state index in [0.717, 1.165) is 5.56 Å². The average Bonchev–Trinajstić information content (AvgIpc) is 2.84. The van der Waals surface area contributed by atoms with Crippen molar-refractivity contribution < 1.29 is 12.9 Å². The van der Waals surface area contributed by atoms with Crippen LogP contribution in [0.1, 0.15) is 17.3 Å². The van der Waals surface area contributed by atoms with Crippen LogP contribution >= 0.6 is 0 Å². The standard InChI is InChI=1S/C11H15N5O3S/c1-8-15-10(19-16-8)7-14-20(17,18)11-4-3-9(5-12-2)6-13-11/h3-4,6,12,14H,5,7H2,1-2H3. The van der Waals surface area contributed by atoms with Gasteiger partial charge in [-0.25, -0.2) is 18.1 Å². The minimum Gasteiger partial charge on any atom is -0.338 e. The molecule has 0 radical (unpaired) electrons. The van der Waals surface area contributed by atoms with E-state index in [4.69, 9.17) is 4.52 Å². The lowest BCUT2D eigenvalue weighted by Crippen LogP contribution is -2.24. The molecule has 2 N–H and O–H groups in total. The van der Waals surface area contributed by atoms with E-state index < -0.39 is 10.0 Å². The highest BCUT2D eigenvalue weighted by atomic mass is 32.2. The van der Waals surface area contributed by atoms with Crippen LogP contribution in [0, 0.1) is 6.92 Å². The number of sulfonamides is 1. The molecular formula is C11H15N5O3S. The summed E-state index contributed by atoms with van der Waals surface area (Å²) in [5, 5.41) is 6.49. The zero-order chi connectivity index (χ0) is 14.6. The van der Waals surface area contributed by atoms with Gasteiger partial charge in [-0.05, 0) is 25.6 Å². The van der Waals surface area contributed by atoms with E-state index in [0.29, 0.717) is 12.4 Å². The van der Waals surface area contributed by atoms with Gasteiger partial charge in [-0.1, -0.05) is 11.2 Å². The van der Waals surface area contributed by atoms with Crippen molar-refractivity contribution in [1.82, 2.24) is 25.2 Å². The number of pyridine rings is 1. The van der Waals surface area contributed by atoms with Crippen molar-refractivity contribution in [3.8, 4) is 0 Å². The molecule has 0 aliphatic heterocycles. The molecule has 9 heteroatoms. The molecular weight excluding hydrogens is 282 g/mol. The molecule has 0 aromatic carbocycles. The Hall–Kier alpha value is -1.84. The van der Waals surface area contributed by atoms with Crippen molar-refractivity contribution in [2.75, 3.05) is 7.05 Å². The highest BCUT2D eigenvalue weighted by Crippen LogP contribution is 2.07. The van der Waals surface area contributed by atoms with E-state index in [1.807, 2.05) is 0 Å². The van der Waals surface area contributed by atoms with Gasteiger partial charge in [0.15, 0.2) is 10.9 Å². The predicted octanol–water partition coefficient (Wildman–Crippen LogP) is -0.0291. The van der Waals surface area contributed by atoms with Crippen LogP contribution < -0.4 is 10.0 Å². The second-order valence-corrected chi connectivity index (χ2v) is 5.81. The van der Waals surface area contributed by atoms with Gasteiger partial charge in [0, 0.05) is 12.7 Å². The van der Waals surface area contributed by atoms with Crippen LogP contribution in [0.15, 0.2) is 27.9 Å². The van der Waals surface area contributed by atoms with E-state index >= 15 is 0 Å². The summed E-state index contributed by atoms with van der Waals surface area (Å²) in [5.74, 6) is 0.659. The van der Waals surface area contributed by atoms with Crippen molar-refractivity contribution >= 4 is 10.0 Å². The Morgan fingerprint density at radius 3 is 2.65 bits per heavy atom. The fourth-order valence-electron chi connectivity index (χ4n) is 1.52. The van der Waals surface area contributed by atoms with Crippen molar-refractivity contribution in [1.29, 1.82) is 0 Å². The van der Waals surface area contributed by atoms with Gasteiger partial charge in [-0.15, -0.1) is 0 Å². The first-order valence-corrected chi connectivity index (χ1v) is 7.38. The molecule has 0 atom stereocenters. The first kappa shape index (κ1) is 14.6. The summed E-state index contributed by atoms with van der Waals surface area (Å²) in [7, 11) is -1.89. The Kier molecular flexibility index (Phi) is 4.42. The maximum atomic E-state index is 12.0. The molecule has 0 amide bonds. The quantitative estimate of drug-likeness (QED) is 0.770. The second kappa shape index (κ2) is 6.07. The molecule has 0 aliphatic carbocycles. The van der Waals surface area contributed by atoms with Gasteiger partial charge in [0.05, 0.1) is 6.54 Å². The lowest BCUT2D eigenvalue weighted by molar-refractivity contribution is 0.372. The highest BCUT2D eigenvalue weighted by Gasteiger charge is 2.16. The van der Waals surface area contributed by atoms with Crippen LogP contribution in [-0.2, 0) is 23.1 Å². The normalized spacial score (nSPS) is 11.7. The van der Waals surface area contributed by atoms with Gasteiger partial charge in [-0.2, -0.15) is 4.98 Å². The Labute approximate surface area is 116 Å². The number of hydrogen-bond donors (Lipinski definition) is 2. The van der Waals surface area contributed by atoms with Crippen LogP contribution in [-0.4, -0.2) is 30.6 Å². The Morgan fingerprint density at radius 2 is 2.10 bits per heavy atom. The van der Waals surface area contributed by atoms with Crippen molar-refractivity contribution in [2.45, 2.75) is 25.0 Å². The van der Waals surface area contributed by atoms with Gasteiger partial charge in [0.1, 0.15) is 0 Å². The van der Waals surface area contributed by atoms with Crippen molar-refractivity contribution in [3.05, 3.63) is 35.6 Å². The molecule has 0 fully saturated rings. The largest absolute Gasteiger partial charge is 0.338 e. The molecule has 2 aromatic rings. The maximum absolute atomic E-state index is 12.0. The second-order valence-electron chi connectivity index (χ2n) is 4.09. The third-order valence-electron chi connectivity index (χ3n) is 2.44. The summed E-state index contributed by atoms with van der Waals surface area (Å²) in [4.78, 5) is 7.84. The number of rotatable bonds is 6. The van der Waals surface area contributed by atoms with Crippen LogP contribution in [0.25, 0.3) is 0 Å². The van der Waals surface area contributed by atoms with E-state index in [9.17, 15) is 8.42 Å². The smallest absolute Gasteiger partial charge is 0.258 e. The van der Waals surface area contributed by atoms with Crippen molar-refractivity contribution in [3.63, 3.8) is 0 Å². The first-order chi connectivity index (χ1) is 9.51. The molecule has 2 aromatic heterocycles. The van der Waals surface area contributed by atoms with E-state index in [-0.39, 0.29) is 17.5 Å². The minimum atomic E-state index is -3.69. The summed E-state index contributed by atoms with van der Waals surface area (Å²) in [6, 6.07) is 3.16. The molecule has 0 spiro atoms. The first-order valence-electron chi connectivity index (χ1n) is 5.89. The van der Waals surface area contributed by atoms with Gasteiger partial charge < -0.3 is 9.84 Å². The Balaban J connectivity index is 2.05. The van der Waals surface area contributed by atoms with E-state index in [1.165, 1.54) is 12.3 Å². The number of nitrogens with one attached hydrogen (secondary N) is 2. The van der Waals surface area contributed by atoms with Gasteiger partial charge in [-0.3, -0.25) is 0 Å². The molecule has 2 rings (SSSR count). The topological polar surface area (TPSA) is 110 Å². The van der Waals surface area contributed by atoms with Crippen molar-refractivity contribution in [2.24, 2.45) is 0 Å². The van der Waals surface area contributed by atoms with Gasteiger partial charge in [0.2, 0.25) is 5.89 Å². The van der Waals surface area contributed by atoms with E-state index in [1.54, 1.807) is 20.0 Å². The molecule has 0 saturated heterocycles. The summed E-state index contributed by atoms with van der Waals surface area (Å²) < 4.78 is 31.2. The monoisotopic (exact) mass is 297 g/mol. The molecule has 20 heavy (non-hydrogen) atoms. The van der Waals surface area contributed by atoms with Crippen LogP contribution in [0.3, 0.4) is 0 Å². The maximum Gasteiger partial charge on any atom is 0.258 e. The summed E-state index contributed by atoms with van der Waals surface area (Å²) in [6.45, 7) is 2.22. The third kappa shape index (κ3) is 3.59. The van der Waals surface area contributed by atoms with Crippen LogP contribution in [0.2, 0.25) is 0 Å². The number of aryl methyl sites for hydroxylation is 1. The molecule has 0 unspecified atom stereocenters.